The van der Waals surface area contributed by atoms with Crippen LogP contribution < -0.4 is 15.0 Å². The van der Waals surface area contributed by atoms with Gasteiger partial charge in [-0.15, -0.1) is 23.4 Å². The second-order valence-corrected chi connectivity index (χ2v) is 6.16. The van der Waals surface area contributed by atoms with Gasteiger partial charge >= 0.3 is 6.36 Å². The monoisotopic (exact) mass is 395 g/mol. The largest absolute Gasteiger partial charge is 0.573 e. The van der Waals surface area contributed by atoms with Gasteiger partial charge in [0.25, 0.3) is 5.91 Å². The smallest absolute Gasteiger partial charge is 0.406 e. The fourth-order valence-electron chi connectivity index (χ4n) is 2.92. The molecule has 150 valence electrons. The number of anilines is 2. The molecule has 2 heterocycles. The number of nitrogens with one attached hydrogen (secondary N) is 1. The normalized spacial score (nSPS) is 14.7. The lowest BCUT2D eigenvalue weighted by Gasteiger charge is -2.35. The molecular weight excluding hydrogens is 375 g/mol. The van der Waals surface area contributed by atoms with Crippen molar-refractivity contribution in [3.63, 3.8) is 0 Å². The van der Waals surface area contributed by atoms with Crippen LogP contribution in [0, 0.1) is 0 Å². The van der Waals surface area contributed by atoms with Crippen LogP contribution in [0.25, 0.3) is 0 Å². The lowest BCUT2D eigenvalue weighted by atomic mass is 10.1. The number of hydrogen-bond donors (Lipinski definition) is 1. The first-order chi connectivity index (χ1) is 13.4. The molecule has 1 aliphatic heterocycles. The second-order valence-electron chi connectivity index (χ2n) is 6.16. The molecule has 0 unspecified atom stereocenters. The van der Waals surface area contributed by atoms with Crippen molar-refractivity contribution in [2.24, 2.45) is 0 Å². The second kappa shape index (κ2) is 8.32. The number of amides is 1. The summed E-state index contributed by atoms with van der Waals surface area (Å²) in [6, 6.07) is 8.82. The first-order valence-electron chi connectivity index (χ1n) is 8.83. The average Bonchev–Trinajstić information content (AvgIpc) is 2.67. The zero-order chi connectivity index (χ0) is 20.1. The minimum absolute atomic E-state index is 0.157. The van der Waals surface area contributed by atoms with Gasteiger partial charge < -0.3 is 19.9 Å². The standard InChI is InChI=1S/C18H20F3N5O2/c1-2-22-15-6-7-16(24-23-15)25-8-10-26(11-9-25)17(27)13-4-3-5-14(12-13)28-18(19,20)21/h3-7,12H,2,8-11H2,1H3,(H,22,23). The number of alkyl halides is 3. The van der Waals surface area contributed by atoms with Crippen molar-refractivity contribution in [2.45, 2.75) is 13.3 Å². The summed E-state index contributed by atoms with van der Waals surface area (Å²) in [5, 5.41) is 11.3. The number of hydrogen-bond acceptors (Lipinski definition) is 6. The highest BCUT2D eigenvalue weighted by molar-refractivity contribution is 5.94. The Morgan fingerprint density at radius 3 is 2.50 bits per heavy atom. The molecular formula is C18H20F3N5O2. The number of benzene rings is 1. The molecule has 0 saturated carbocycles. The molecule has 0 radical (unpaired) electrons. The van der Waals surface area contributed by atoms with E-state index in [1.807, 2.05) is 24.0 Å². The molecule has 28 heavy (non-hydrogen) atoms. The van der Waals surface area contributed by atoms with E-state index < -0.39 is 12.1 Å². The van der Waals surface area contributed by atoms with Gasteiger partial charge in [-0.05, 0) is 37.3 Å². The Hall–Kier alpha value is -3.04. The van der Waals surface area contributed by atoms with Gasteiger partial charge in [0.15, 0.2) is 5.82 Å². The van der Waals surface area contributed by atoms with Gasteiger partial charge in [0.05, 0.1) is 0 Å². The number of piperazine rings is 1. The molecule has 1 amide bonds. The van der Waals surface area contributed by atoms with Crippen LogP contribution in [0.15, 0.2) is 36.4 Å². The van der Waals surface area contributed by atoms with Gasteiger partial charge in [-0.25, -0.2) is 0 Å². The van der Waals surface area contributed by atoms with E-state index in [4.69, 9.17) is 0 Å². The van der Waals surface area contributed by atoms with E-state index in [-0.39, 0.29) is 11.5 Å². The predicted molar refractivity (Wildman–Crippen MR) is 97.4 cm³/mol. The van der Waals surface area contributed by atoms with Crippen LogP contribution in [0.5, 0.6) is 5.75 Å². The maximum Gasteiger partial charge on any atom is 0.573 e. The molecule has 2 aromatic rings. The molecule has 1 N–H and O–H groups in total. The number of rotatable bonds is 5. The van der Waals surface area contributed by atoms with Crippen molar-refractivity contribution in [3.8, 4) is 5.75 Å². The van der Waals surface area contributed by atoms with Gasteiger partial charge in [-0.1, -0.05) is 6.07 Å². The van der Waals surface area contributed by atoms with Crippen molar-refractivity contribution in [2.75, 3.05) is 42.9 Å². The zero-order valence-electron chi connectivity index (χ0n) is 15.2. The molecule has 1 aliphatic rings. The number of carbonyl (C=O) groups is 1. The van der Waals surface area contributed by atoms with Crippen LogP contribution in [0.1, 0.15) is 17.3 Å². The molecule has 0 atom stereocenters. The quantitative estimate of drug-likeness (QED) is 0.840. The SMILES string of the molecule is CCNc1ccc(N2CCN(C(=O)c3cccc(OC(F)(F)F)c3)CC2)nn1. The fraction of sp³-hybridized carbons (Fsp3) is 0.389. The summed E-state index contributed by atoms with van der Waals surface area (Å²) >= 11 is 0. The minimum Gasteiger partial charge on any atom is -0.406 e. The van der Waals surface area contributed by atoms with Crippen LogP contribution in [0.2, 0.25) is 0 Å². The van der Waals surface area contributed by atoms with Crippen molar-refractivity contribution < 1.29 is 22.7 Å². The molecule has 1 saturated heterocycles. The number of ether oxygens (including phenoxy) is 1. The Morgan fingerprint density at radius 2 is 1.89 bits per heavy atom. The maximum atomic E-state index is 12.6. The zero-order valence-corrected chi connectivity index (χ0v) is 15.2. The fourth-order valence-corrected chi connectivity index (χ4v) is 2.92. The third-order valence-corrected chi connectivity index (χ3v) is 4.21. The van der Waals surface area contributed by atoms with Crippen LogP contribution in [-0.4, -0.2) is 60.1 Å². The Balaban J connectivity index is 1.60. The summed E-state index contributed by atoms with van der Waals surface area (Å²) in [7, 11) is 0. The highest BCUT2D eigenvalue weighted by atomic mass is 19.4. The third-order valence-electron chi connectivity index (χ3n) is 4.21. The maximum absolute atomic E-state index is 12.6. The van der Waals surface area contributed by atoms with Crippen molar-refractivity contribution >= 4 is 17.5 Å². The summed E-state index contributed by atoms with van der Waals surface area (Å²) in [5.74, 6) is 0.671. The molecule has 10 heteroatoms. The van der Waals surface area contributed by atoms with Crippen LogP contribution in [0.3, 0.4) is 0 Å². The van der Waals surface area contributed by atoms with Gasteiger partial charge in [0, 0.05) is 38.3 Å². The van der Waals surface area contributed by atoms with Crippen LogP contribution in [0.4, 0.5) is 24.8 Å². The highest BCUT2D eigenvalue weighted by Gasteiger charge is 2.31. The molecule has 0 bridgehead atoms. The molecule has 1 aromatic carbocycles. The third kappa shape index (κ3) is 5.02. The Morgan fingerprint density at radius 1 is 1.14 bits per heavy atom. The van der Waals surface area contributed by atoms with Gasteiger partial charge in [0.1, 0.15) is 11.6 Å². The van der Waals surface area contributed by atoms with E-state index in [2.05, 4.69) is 20.3 Å². The van der Waals surface area contributed by atoms with E-state index >= 15 is 0 Å². The number of nitrogens with zero attached hydrogens (tertiary/aromatic N) is 4. The van der Waals surface area contributed by atoms with E-state index in [9.17, 15) is 18.0 Å². The van der Waals surface area contributed by atoms with Crippen molar-refractivity contribution in [1.82, 2.24) is 15.1 Å². The first-order valence-corrected chi connectivity index (χ1v) is 8.83. The molecule has 1 fully saturated rings. The summed E-state index contributed by atoms with van der Waals surface area (Å²) < 4.78 is 41.0. The molecule has 7 nitrogen and oxygen atoms in total. The van der Waals surface area contributed by atoms with Crippen molar-refractivity contribution in [1.29, 1.82) is 0 Å². The van der Waals surface area contributed by atoms with E-state index in [1.54, 1.807) is 4.90 Å². The van der Waals surface area contributed by atoms with Gasteiger partial charge in [0.2, 0.25) is 0 Å². The molecule has 1 aromatic heterocycles. The first kappa shape index (κ1) is 19.7. The summed E-state index contributed by atoms with van der Waals surface area (Å²) in [5.41, 5.74) is 0.157. The number of halogens is 3. The molecule has 0 spiro atoms. The minimum atomic E-state index is -4.80. The van der Waals surface area contributed by atoms with Gasteiger partial charge in [-0.3, -0.25) is 4.79 Å². The lowest BCUT2D eigenvalue weighted by molar-refractivity contribution is -0.274. The Labute approximate surface area is 160 Å². The summed E-state index contributed by atoms with van der Waals surface area (Å²) in [6.07, 6.45) is -4.80. The topological polar surface area (TPSA) is 70.6 Å². The predicted octanol–water partition coefficient (Wildman–Crippen LogP) is 2.77. The van der Waals surface area contributed by atoms with E-state index in [0.29, 0.717) is 37.8 Å². The molecule has 0 aliphatic carbocycles. The summed E-state index contributed by atoms with van der Waals surface area (Å²) in [4.78, 5) is 16.2. The Kier molecular flexibility index (Phi) is 5.86. The van der Waals surface area contributed by atoms with E-state index in [1.165, 1.54) is 12.1 Å². The lowest BCUT2D eigenvalue weighted by Crippen LogP contribution is -2.49. The number of aromatic nitrogens is 2. The Bertz CT molecular complexity index is 806. The average molecular weight is 395 g/mol. The van der Waals surface area contributed by atoms with Crippen LogP contribution >= 0.6 is 0 Å². The van der Waals surface area contributed by atoms with Crippen molar-refractivity contribution in [3.05, 3.63) is 42.0 Å². The number of carbonyl (C=O) groups excluding carboxylic acids is 1. The highest BCUT2D eigenvalue weighted by Crippen LogP contribution is 2.24. The van der Waals surface area contributed by atoms with Gasteiger partial charge in [-0.2, -0.15) is 0 Å². The summed E-state index contributed by atoms with van der Waals surface area (Å²) in [6.45, 7) is 4.69. The molecule has 3 rings (SSSR count). The van der Waals surface area contributed by atoms with Crippen LogP contribution in [-0.2, 0) is 0 Å². The van der Waals surface area contributed by atoms with E-state index in [0.717, 1.165) is 18.7 Å².